The largest absolute Gasteiger partial charge is 0.442 e. The topological polar surface area (TPSA) is 66.2 Å². The summed E-state index contributed by atoms with van der Waals surface area (Å²) >= 11 is 0. The Morgan fingerprint density at radius 1 is 0.714 bits per heavy atom. The van der Waals surface area contributed by atoms with E-state index in [9.17, 15) is 0 Å². The summed E-state index contributed by atoms with van der Waals surface area (Å²) in [6, 6.07) is 18.4. The van der Waals surface area contributed by atoms with E-state index in [1.54, 1.807) is 24.3 Å². The van der Waals surface area contributed by atoms with E-state index in [1.807, 2.05) is 36.4 Å². The van der Waals surface area contributed by atoms with Crippen LogP contribution in [-0.4, -0.2) is 11.8 Å². The van der Waals surface area contributed by atoms with Crippen LogP contribution in [0.2, 0.25) is 0 Å². The predicted molar refractivity (Wildman–Crippen MR) is 81.3 cm³/mol. The molecule has 0 aliphatic heterocycles. The van der Waals surface area contributed by atoms with Crippen LogP contribution in [0.15, 0.2) is 60.7 Å². The van der Waals surface area contributed by atoms with Gasteiger partial charge in [0, 0.05) is 0 Å². The second-order valence-electron chi connectivity index (χ2n) is 5.07. The molecule has 1 aliphatic carbocycles. The van der Waals surface area contributed by atoms with E-state index in [4.69, 9.17) is 20.3 Å². The molecule has 21 heavy (non-hydrogen) atoms. The van der Waals surface area contributed by atoms with Crippen molar-refractivity contribution >= 4 is 11.8 Å². The molecule has 0 atom stereocenters. The number of nitrogens with one attached hydrogen (secondary N) is 2. The van der Waals surface area contributed by atoms with Gasteiger partial charge in [0.05, 0.1) is 0 Å². The summed E-state index contributed by atoms with van der Waals surface area (Å²) in [5.41, 5.74) is -0.703. The van der Waals surface area contributed by atoms with Crippen LogP contribution in [0.3, 0.4) is 0 Å². The average Bonchev–Trinajstić information content (AvgIpc) is 3.31. The van der Waals surface area contributed by atoms with Crippen molar-refractivity contribution in [2.45, 2.75) is 12.8 Å². The number of ether oxygens (including phenoxy) is 2. The van der Waals surface area contributed by atoms with Crippen LogP contribution < -0.4 is 9.47 Å². The molecular formula is C17H16N2O2. The predicted octanol–water partition coefficient (Wildman–Crippen LogP) is 3.88. The third kappa shape index (κ3) is 2.79. The first-order valence-corrected chi connectivity index (χ1v) is 6.84. The second kappa shape index (κ2) is 5.40. The molecule has 0 amide bonds. The molecular weight excluding hydrogens is 264 g/mol. The Morgan fingerprint density at radius 2 is 1.10 bits per heavy atom. The Balaban J connectivity index is 1.69. The molecule has 0 aromatic heterocycles. The molecule has 2 N–H and O–H groups in total. The zero-order valence-corrected chi connectivity index (χ0v) is 11.5. The fraction of sp³-hybridized carbons (Fsp3) is 0.176. The van der Waals surface area contributed by atoms with Crippen molar-refractivity contribution in [3.63, 3.8) is 0 Å². The number of hydrogen-bond acceptors (Lipinski definition) is 4. The maximum atomic E-state index is 8.14. The SMILES string of the molecule is N=C(Oc1ccccc1)C1(C(=N)Oc2ccccc2)CC1. The van der Waals surface area contributed by atoms with Gasteiger partial charge in [-0.25, -0.2) is 0 Å². The Labute approximate surface area is 123 Å². The number of benzene rings is 2. The van der Waals surface area contributed by atoms with E-state index < -0.39 is 5.41 Å². The molecule has 3 rings (SSSR count). The fourth-order valence-electron chi connectivity index (χ4n) is 2.09. The van der Waals surface area contributed by atoms with Gasteiger partial charge in [-0.3, -0.25) is 10.8 Å². The molecule has 0 radical (unpaired) electrons. The van der Waals surface area contributed by atoms with E-state index in [1.165, 1.54) is 0 Å². The van der Waals surface area contributed by atoms with Crippen molar-refractivity contribution in [1.82, 2.24) is 0 Å². The van der Waals surface area contributed by atoms with Crippen molar-refractivity contribution in [1.29, 1.82) is 10.8 Å². The maximum absolute atomic E-state index is 8.14. The third-order valence-electron chi connectivity index (χ3n) is 3.55. The molecule has 2 aromatic carbocycles. The molecule has 4 nitrogen and oxygen atoms in total. The molecule has 2 aromatic rings. The molecule has 0 bridgehead atoms. The summed E-state index contributed by atoms with van der Waals surface area (Å²) < 4.78 is 11.1. The molecule has 1 saturated carbocycles. The van der Waals surface area contributed by atoms with Crippen molar-refractivity contribution in [2.24, 2.45) is 5.41 Å². The molecule has 0 spiro atoms. The first-order chi connectivity index (χ1) is 10.2. The van der Waals surface area contributed by atoms with E-state index in [-0.39, 0.29) is 11.8 Å². The van der Waals surface area contributed by atoms with E-state index >= 15 is 0 Å². The minimum Gasteiger partial charge on any atom is -0.442 e. The molecule has 4 heteroatoms. The van der Waals surface area contributed by atoms with Gasteiger partial charge >= 0.3 is 0 Å². The van der Waals surface area contributed by atoms with E-state index in [2.05, 4.69) is 0 Å². The van der Waals surface area contributed by atoms with Crippen LogP contribution in [0.4, 0.5) is 0 Å². The number of rotatable bonds is 4. The highest BCUT2D eigenvalue weighted by Crippen LogP contribution is 2.48. The zero-order chi connectivity index (χ0) is 14.7. The Kier molecular flexibility index (Phi) is 3.44. The smallest absolute Gasteiger partial charge is 0.202 e. The number of hydrogen-bond donors (Lipinski definition) is 2. The van der Waals surface area contributed by atoms with Crippen LogP contribution in [0.25, 0.3) is 0 Å². The molecule has 1 fully saturated rings. The molecule has 0 saturated heterocycles. The van der Waals surface area contributed by atoms with Crippen LogP contribution >= 0.6 is 0 Å². The summed E-state index contributed by atoms with van der Waals surface area (Å²) in [4.78, 5) is 0. The second-order valence-corrected chi connectivity index (χ2v) is 5.07. The molecule has 106 valence electrons. The van der Waals surface area contributed by atoms with Crippen molar-refractivity contribution < 1.29 is 9.47 Å². The lowest BCUT2D eigenvalue weighted by Crippen LogP contribution is -2.32. The first kappa shape index (κ1) is 13.4. The van der Waals surface area contributed by atoms with Gasteiger partial charge in [0.2, 0.25) is 11.8 Å². The van der Waals surface area contributed by atoms with Gasteiger partial charge < -0.3 is 9.47 Å². The maximum Gasteiger partial charge on any atom is 0.202 e. The lowest BCUT2D eigenvalue weighted by molar-refractivity contribution is 0.459. The first-order valence-electron chi connectivity index (χ1n) is 6.84. The van der Waals surface area contributed by atoms with Gasteiger partial charge in [-0.05, 0) is 37.1 Å². The Bertz CT molecular complexity index is 594. The summed E-state index contributed by atoms with van der Waals surface area (Å²) in [6.07, 6.45) is 1.43. The number of para-hydroxylation sites is 2. The van der Waals surface area contributed by atoms with Gasteiger partial charge in [0.25, 0.3) is 0 Å². The standard InChI is InChI=1S/C17H16N2O2/c18-15(20-13-7-3-1-4-8-13)17(11-12-17)16(19)21-14-9-5-2-6-10-14/h1-10,18-19H,11-12H2. The minimum atomic E-state index is -0.703. The quantitative estimate of drug-likeness (QED) is 0.659. The van der Waals surface area contributed by atoms with Crippen LogP contribution in [0.5, 0.6) is 11.5 Å². The lowest BCUT2D eigenvalue weighted by Gasteiger charge is -2.18. The van der Waals surface area contributed by atoms with Crippen LogP contribution in [0.1, 0.15) is 12.8 Å². The highest BCUT2D eigenvalue weighted by Gasteiger charge is 2.55. The highest BCUT2D eigenvalue weighted by atomic mass is 16.5. The van der Waals surface area contributed by atoms with E-state index in [0.29, 0.717) is 24.3 Å². The zero-order valence-electron chi connectivity index (χ0n) is 11.5. The third-order valence-corrected chi connectivity index (χ3v) is 3.55. The van der Waals surface area contributed by atoms with Gasteiger partial charge in [-0.1, -0.05) is 36.4 Å². The Hall–Kier alpha value is -2.62. The average molecular weight is 280 g/mol. The monoisotopic (exact) mass is 280 g/mol. The lowest BCUT2D eigenvalue weighted by atomic mass is 10.1. The van der Waals surface area contributed by atoms with Gasteiger partial charge in [0.15, 0.2) is 0 Å². The van der Waals surface area contributed by atoms with Crippen molar-refractivity contribution in [2.75, 3.05) is 0 Å². The summed E-state index contributed by atoms with van der Waals surface area (Å²) in [5, 5.41) is 16.3. The molecule has 1 aliphatic rings. The Morgan fingerprint density at radius 3 is 1.43 bits per heavy atom. The summed E-state index contributed by atoms with van der Waals surface area (Å²) in [5.74, 6) is 1.38. The van der Waals surface area contributed by atoms with Crippen LogP contribution in [0, 0.1) is 16.2 Å². The van der Waals surface area contributed by atoms with Crippen molar-refractivity contribution in [3.8, 4) is 11.5 Å². The van der Waals surface area contributed by atoms with Crippen molar-refractivity contribution in [3.05, 3.63) is 60.7 Å². The highest BCUT2D eigenvalue weighted by molar-refractivity contribution is 6.06. The molecule has 0 unspecified atom stereocenters. The summed E-state index contributed by atoms with van der Waals surface area (Å²) in [6.45, 7) is 0. The minimum absolute atomic E-state index is 0.0784. The normalized spacial score (nSPS) is 15.0. The van der Waals surface area contributed by atoms with Gasteiger partial charge in [-0.2, -0.15) is 0 Å². The summed E-state index contributed by atoms with van der Waals surface area (Å²) in [7, 11) is 0. The van der Waals surface area contributed by atoms with Gasteiger partial charge in [-0.15, -0.1) is 0 Å². The van der Waals surface area contributed by atoms with Gasteiger partial charge in [0.1, 0.15) is 16.9 Å². The molecule has 0 heterocycles. The van der Waals surface area contributed by atoms with Crippen LogP contribution in [-0.2, 0) is 0 Å². The fourth-order valence-corrected chi connectivity index (χ4v) is 2.09. The van der Waals surface area contributed by atoms with E-state index in [0.717, 1.165) is 0 Å².